The van der Waals surface area contributed by atoms with E-state index in [1.807, 2.05) is 61.4 Å². The van der Waals surface area contributed by atoms with E-state index in [4.69, 9.17) is 4.99 Å². The van der Waals surface area contributed by atoms with Crippen LogP contribution in [0.25, 0.3) is 0 Å². The van der Waals surface area contributed by atoms with E-state index in [9.17, 15) is 9.59 Å². The third kappa shape index (κ3) is 5.17. The number of thioether (sulfide) groups is 1. The highest BCUT2D eigenvalue weighted by Crippen LogP contribution is 2.45. The maximum absolute atomic E-state index is 13.7. The molecule has 0 radical (unpaired) electrons. The van der Waals surface area contributed by atoms with Crippen molar-refractivity contribution in [2.24, 2.45) is 4.99 Å². The highest BCUT2D eigenvalue weighted by molar-refractivity contribution is 8.16. The van der Waals surface area contributed by atoms with Crippen LogP contribution in [-0.4, -0.2) is 44.9 Å². The summed E-state index contributed by atoms with van der Waals surface area (Å²) in [7, 11) is 0. The summed E-state index contributed by atoms with van der Waals surface area (Å²) in [6, 6.07) is 13.4. The molecule has 0 bridgehead atoms. The van der Waals surface area contributed by atoms with Crippen molar-refractivity contribution in [3.63, 3.8) is 0 Å². The molecule has 1 atom stereocenters. The Labute approximate surface area is 211 Å². The topological polar surface area (TPSA) is 77.9 Å². The molecule has 3 heterocycles. The van der Waals surface area contributed by atoms with E-state index >= 15 is 0 Å². The second-order valence-corrected chi connectivity index (χ2v) is 9.34. The van der Waals surface area contributed by atoms with E-state index < -0.39 is 0 Å². The molecular weight excluding hydrogens is 458 g/mol. The van der Waals surface area contributed by atoms with Crippen LogP contribution < -0.4 is 5.32 Å². The second-order valence-electron chi connectivity index (χ2n) is 8.50. The summed E-state index contributed by atoms with van der Waals surface area (Å²) < 4.78 is 0. The van der Waals surface area contributed by atoms with Crippen molar-refractivity contribution in [2.45, 2.75) is 46.7 Å². The number of aromatic nitrogens is 1. The van der Waals surface area contributed by atoms with Crippen molar-refractivity contribution in [2.75, 3.05) is 13.1 Å². The predicted molar refractivity (Wildman–Crippen MR) is 140 cm³/mol. The Morgan fingerprint density at radius 2 is 1.83 bits per heavy atom. The van der Waals surface area contributed by atoms with Gasteiger partial charge in [-0.3, -0.25) is 14.6 Å². The van der Waals surface area contributed by atoms with E-state index in [1.165, 1.54) is 11.8 Å². The Morgan fingerprint density at radius 1 is 1.09 bits per heavy atom. The first kappa shape index (κ1) is 24.7. The first-order valence-electron chi connectivity index (χ1n) is 11.9. The van der Waals surface area contributed by atoms with Gasteiger partial charge in [-0.05, 0) is 56.4 Å². The first-order chi connectivity index (χ1) is 16.9. The van der Waals surface area contributed by atoms with Crippen LogP contribution in [0.3, 0.4) is 0 Å². The third-order valence-corrected chi connectivity index (χ3v) is 7.19. The molecule has 0 fully saturated rings. The van der Waals surface area contributed by atoms with Gasteiger partial charge < -0.3 is 15.1 Å². The number of nitrogens with one attached hydrogen (secondary N) is 1. The van der Waals surface area contributed by atoms with Crippen molar-refractivity contribution in [1.82, 2.24) is 20.1 Å². The number of aryl methyl sites for hydroxylation is 1. The number of likely N-dealkylation sites (N-methyl/N-ethyl adjacent to an activating group) is 1. The van der Waals surface area contributed by atoms with Crippen LogP contribution in [-0.2, 0) is 16.1 Å². The van der Waals surface area contributed by atoms with E-state index in [0.29, 0.717) is 25.2 Å². The fourth-order valence-electron chi connectivity index (χ4n) is 4.43. The van der Waals surface area contributed by atoms with Crippen molar-refractivity contribution < 1.29 is 9.59 Å². The summed E-state index contributed by atoms with van der Waals surface area (Å²) >= 11 is 1.50. The number of amidine groups is 1. The summed E-state index contributed by atoms with van der Waals surface area (Å²) in [6.07, 6.45) is 1.90. The lowest BCUT2D eigenvalue weighted by atomic mass is 9.90. The van der Waals surface area contributed by atoms with Crippen molar-refractivity contribution >= 4 is 28.7 Å². The molecule has 7 nitrogen and oxygen atoms in total. The number of rotatable bonds is 8. The molecule has 2 aliphatic rings. The molecule has 2 aromatic rings. The maximum atomic E-state index is 13.7. The summed E-state index contributed by atoms with van der Waals surface area (Å²) in [5.74, 6) is -0.116. The highest BCUT2D eigenvalue weighted by atomic mass is 32.2. The zero-order chi connectivity index (χ0) is 24.9. The quantitative estimate of drug-likeness (QED) is 0.589. The number of fused-ring (bicyclic) bond motifs is 1. The number of carbonyl (C=O) groups excluding carboxylic acids is 2. The van der Waals surface area contributed by atoms with Gasteiger partial charge in [0.1, 0.15) is 0 Å². The highest BCUT2D eigenvalue weighted by Gasteiger charge is 2.41. The molecule has 1 aromatic heterocycles. The first-order valence-corrected chi connectivity index (χ1v) is 12.8. The Kier molecular flexibility index (Phi) is 7.70. The van der Waals surface area contributed by atoms with Crippen LogP contribution in [0.5, 0.6) is 0 Å². The normalized spacial score (nSPS) is 17.0. The van der Waals surface area contributed by atoms with Gasteiger partial charge >= 0.3 is 0 Å². The molecule has 2 aliphatic heterocycles. The number of carbonyl (C=O) groups is 2. The molecule has 1 aromatic carbocycles. The number of hydrogen-bond donors (Lipinski definition) is 1. The summed E-state index contributed by atoms with van der Waals surface area (Å²) in [5.41, 5.74) is 5.15. The Bertz CT molecular complexity index is 1200. The number of allylic oxidation sites excluding steroid dienone is 1. The van der Waals surface area contributed by atoms with Crippen molar-refractivity contribution in [1.29, 1.82) is 0 Å². The van der Waals surface area contributed by atoms with Crippen LogP contribution >= 0.6 is 11.8 Å². The Balaban J connectivity index is 1.65. The molecule has 182 valence electrons. The van der Waals surface area contributed by atoms with Gasteiger partial charge in [0.05, 0.1) is 36.0 Å². The van der Waals surface area contributed by atoms with E-state index in [-0.39, 0.29) is 24.3 Å². The molecule has 8 heteroatoms. The number of aliphatic imine (C=N–C) groups is 1. The lowest BCUT2D eigenvalue weighted by Crippen LogP contribution is -2.42. The second kappa shape index (κ2) is 10.9. The molecule has 1 unspecified atom stereocenters. The van der Waals surface area contributed by atoms with Crippen LogP contribution in [0.15, 0.2) is 76.0 Å². The van der Waals surface area contributed by atoms with Crippen LogP contribution in [0.2, 0.25) is 0 Å². The molecule has 0 saturated heterocycles. The molecule has 4 rings (SSSR count). The average molecular weight is 490 g/mol. The van der Waals surface area contributed by atoms with E-state index in [0.717, 1.165) is 33.4 Å². The molecule has 0 aliphatic carbocycles. The van der Waals surface area contributed by atoms with Gasteiger partial charge in [0.2, 0.25) is 5.91 Å². The van der Waals surface area contributed by atoms with Crippen LogP contribution in [0.4, 0.5) is 0 Å². The Morgan fingerprint density at radius 3 is 2.51 bits per heavy atom. The molecule has 0 spiro atoms. The zero-order valence-electron chi connectivity index (χ0n) is 20.6. The lowest BCUT2D eigenvalue weighted by molar-refractivity contribution is -0.127. The van der Waals surface area contributed by atoms with Gasteiger partial charge in [0, 0.05) is 25.0 Å². The fraction of sp³-hybridized carbons (Fsp3) is 0.333. The number of pyridine rings is 1. The van der Waals surface area contributed by atoms with Crippen molar-refractivity contribution in [3.8, 4) is 0 Å². The minimum absolute atomic E-state index is 0.0144. The van der Waals surface area contributed by atoms with Gasteiger partial charge in [-0.15, -0.1) is 0 Å². The Hall–Kier alpha value is -3.39. The standard InChI is InChI=1S/C27H31N5O2S/c1-5-31(6-2)26(34)24-19(4)30-27-32(25(24)22-13-8-7-11-18(22)3)21(17-35-27)15-23(33)29-16-20-12-9-10-14-28-20/h7-14,17,25H,5-6,15-16H2,1-4H3,(H,29,33). The minimum Gasteiger partial charge on any atom is -0.350 e. The fourth-order valence-corrected chi connectivity index (χ4v) is 5.40. The average Bonchev–Trinajstić information content (AvgIpc) is 3.25. The molecule has 35 heavy (non-hydrogen) atoms. The minimum atomic E-state index is -0.346. The number of hydrogen-bond acceptors (Lipinski definition) is 6. The SMILES string of the molecule is CCN(CC)C(=O)C1=C(C)N=C2SC=C(CC(=O)NCc3ccccn3)N2C1c1ccccc1C. The molecule has 1 N–H and O–H groups in total. The summed E-state index contributed by atoms with van der Waals surface area (Å²) in [4.78, 5) is 39.6. The number of amides is 2. The molecular formula is C27H31N5O2S. The smallest absolute Gasteiger partial charge is 0.254 e. The monoisotopic (exact) mass is 489 g/mol. The van der Waals surface area contributed by atoms with E-state index in [2.05, 4.69) is 34.3 Å². The van der Waals surface area contributed by atoms with Crippen LogP contribution in [0.1, 0.15) is 50.1 Å². The van der Waals surface area contributed by atoms with Gasteiger partial charge in [0.15, 0.2) is 5.17 Å². The lowest BCUT2D eigenvalue weighted by Gasteiger charge is -2.38. The van der Waals surface area contributed by atoms with Crippen molar-refractivity contribution in [3.05, 3.63) is 87.9 Å². The predicted octanol–water partition coefficient (Wildman–Crippen LogP) is 4.54. The largest absolute Gasteiger partial charge is 0.350 e. The molecule has 2 amide bonds. The van der Waals surface area contributed by atoms with E-state index in [1.54, 1.807) is 6.20 Å². The zero-order valence-corrected chi connectivity index (χ0v) is 21.4. The van der Waals surface area contributed by atoms with Gasteiger partial charge in [-0.25, -0.2) is 4.99 Å². The van der Waals surface area contributed by atoms with Gasteiger partial charge in [-0.1, -0.05) is 42.1 Å². The maximum Gasteiger partial charge on any atom is 0.254 e. The third-order valence-electron chi connectivity index (χ3n) is 6.30. The number of benzene rings is 1. The van der Waals surface area contributed by atoms with Gasteiger partial charge in [-0.2, -0.15) is 0 Å². The number of nitrogens with zero attached hydrogens (tertiary/aromatic N) is 4. The summed E-state index contributed by atoms with van der Waals surface area (Å²) in [5, 5.41) is 5.73. The van der Waals surface area contributed by atoms with Gasteiger partial charge in [0.25, 0.3) is 5.91 Å². The van der Waals surface area contributed by atoms with Crippen LogP contribution in [0, 0.1) is 6.92 Å². The summed E-state index contributed by atoms with van der Waals surface area (Å²) in [6.45, 7) is 9.55. The molecule has 0 saturated carbocycles.